The third-order valence-electron chi connectivity index (χ3n) is 0. The topological polar surface area (TPSA) is 80.3 Å². The van der Waals surface area contributed by atoms with Gasteiger partial charge in [-0.15, -0.1) is 0 Å². The van der Waals surface area contributed by atoms with Crippen LogP contribution in [0.4, 0.5) is 0 Å². The Morgan fingerprint density at radius 1 is 1.17 bits per heavy atom. The maximum absolute atomic E-state index is 8.59. The molecule has 0 aromatic heterocycles. The fraction of sp³-hybridized carbons (Fsp3) is 0. The first-order valence-electron chi connectivity index (χ1n) is 0.667. The van der Waals surface area contributed by atoms with Crippen molar-refractivity contribution in [3.05, 3.63) is 0 Å². The maximum Gasteiger partial charge on any atom is 2.00 e. The number of rotatable bonds is 0. The molecule has 6 heteroatoms. The summed E-state index contributed by atoms with van der Waals surface area (Å²) < 4.78 is 34.4. The Labute approximate surface area is 49.2 Å². The maximum atomic E-state index is 8.59. The van der Waals surface area contributed by atoms with Crippen LogP contribution in [-0.2, 0) is 27.1 Å². The SMILES string of the molecule is O=[Se](=O)([O-])[O-].[Rh+2]. The van der Waals surface area contributed by atoms with Gasteiger partial charge in [0.2, 0.25) is 0 Å². The van der Waals surface area contributed by atoms with Gasteiger partial charge in [-0.1, -0.05) is 0 Å². The molecule has 39 valence electrons. The normalized spacial score (nSPS) is 9.67. The van der Waals surface area contributed by atoms with Crippen LogP contribution in [0.5, 0.6) is 0 Å². The standard InChI is InChI=1S/H2O4Se.Rh/c1-5(2,3)4;/h(H2,1,2,3,4);/q;+2/p-2. The van der Waals surface area contributed by atoms with Gasteiger partial charge in [-0.25, -0.2) is 0 Å². The summed E-state index contributed by atoms with van der Waals surface area (Å²) in [5, 5.41) is 0. The van der Waals surface area contributed by atoms with E-state index in [-0.39, 0.29) is 19.5 Å². The van der Waals surface area contributed by atoms with Crippen molar-refractivity contribution in [2.45, 2.75) is 0 Å². The van der Waals surface area contributed by atoms with Crippen molar-refractivity contribution >= 4 is 13.4 Å². The average molecular weight is 246 g/mol. The summed E-state index contributed by atoms with van der Waals surface area (Å²) in [7, 11) is 0. The molecule has 0 atom stereocenters. The van der Waals surface area contributed by atoms with Gasteiger partial charge in [-0.3, -0.25) is 0 Å². The molecule has 6 heavy (non-hydrogen) atoms. The van der Waals surface area contributed by atoms with Gasteiger partial charge in [0, 0.05) is 0 Å². The Balaban J connectivity index is 0. The summed E-state index contributed by atoms with van der Waals surface area (Å²) in [5.74, 6) is 0. The first-order chi connectivity index (χ1) is 2.00. The monoisotopic (exact) mass is 247 g/mol. The molecule has 0 amide bonds. The number of hydrogen-bond donors (Lipinski definition) is 0. The third-order valence-corrected chi connectivity index (χ3v) is 0. The predicted octanol–water partition coefficient (Wildman–Crippen LogP) is -3.00. The van der Waals surface area contributed by atoms with E-state index in [9.17, 15) is 0 Å². The second-order valence-electron chi connectivity index (χ2n) is 0.408. The van der Waals surface area contributed by atoms with Crippen LogP contribution in [0, 0.1) is 0 Å². The molecule has 0 aromatic carbocycles. The second-order valence-corrected chi connectivity index (χ2v) is 2.12. The zero-order valence-corrected chi connectivity index (χ0v) is 5.73. The van der Waals surface area contributed by atoms with Gasteiger partial charge in [0.1, 0.15) is 0 Å². The van der Waals surface area contributed by atoms with E-state index >= 15 is 0 Å². The predicted molar refractivity (Wildman–Crippen MR) is 7.13 cm³/mol. The van der Waals surface area contributed by atoms with Crippen LogP contribution in [0.1, 0.15) is 0 Å². The molecular weight excluding hydrogens is 246 g/mol. The van der Waals surface area contributed by atoms with Crippen LogP contribution in [0.2, 0.25) is 0 Å². The van der Waals surface area contributed by atoms with Gasteiger partial charge in [-0.05, 0) is 0 Å². The molecule has 0 heterocycles. The van der Waals surface area contributed by atoms with Crippen LogP contribution >= 0.6 is 0 Å². The van der Waals surface area contributed by atoms with E-state index in [1.165, 1.54) is 0 Å². The quantitative estimate of drug-likeness (QED) is 0.426. The van der Waals surface area contributed by atoms with E-state index in [1.807, 2.05) is 0 Å². The van der Waals surface area contributed by atoms with Gasteiger partial charge in [-0.2, -0.15) is 0 Å². The third kappa shape index (κ3) is 142. The molecule has 0 aliphatic rings. The molecule has 0 spiro atoms. The molecular formula is O4RhSe. The average Bonchev–Trinajstić information content (AvgIpc) is 0.722. The summed E-state index contributed by atoms with van der Waals surface area (Å²) in [6.07, 6.45) is 0. The zero-order chi connectivity index (χ0) is 4.50. The summed E-state index contributed by atoms with van der Waals surface area (Å²) in [6.45, 7) is 0. The van der Waals surface area contributed by atoms with Crippen molar-refractivity contribution in [1.82, 2.24) is 0 Å². The van der Waals surface area contributed by atoms with Crippen LogP contribution in [-0.4, -0.2) is 13.4 Å². The smallest absolute Gasteiger partial charge is 2.00 e. The molecule has 0 fully saturated rings. The Bertz CT molecular complexity index is 90.7. The molecule has 1 radical (unpaired) electrons. The van der Waals surface area contributed by atoms with Crippen molar-refractivity contribution in [3.63, 3.8) is 0 Å². The molecule has 4 nitrogen and oxygen atoms in total. The van der Waals surface area contributed by atoms with E-state index in [4.69, 9.17) is 16.0 Å². The first-order valence-corrected chi connectivity index (χ1v) is 3.46. The Morgan fingerprint density at radius 3 is 1.17 bits per heavy atom. The van der Waals surface area contributed by atoms with Crippen LogP contribution in [0.25, 0.3) is 0 Å². The van der Waals surface area contributed by atoms with Crippen molar-refractivity contribution in [2.24, 2.45) is 0 Å². The van der Waals surface area contributed by atoms with E-state index in [0.29, 0.717) is 0 Å². The van der Waals surface area contributed by atoms with Gasteiger partial charge in [0.15, 0.2) is 0 Å². The van der Waals surface area contributed by atoms with Gasteiger partial charge in [0.25, 0.3) is 0 Å². The summed E-state index contributed by atoms with van der Waals surface area (Å²) in [4.78, 5) is 0. The molecule has 0 saturated heterocycles. The van der Waals surface area contributed by atoms with Crippen LogP contribution < -0.4 is 8.38 Å². The molecule has 0 bridgehead atoms. The number of hydrogen-bond acceptors (Lipinski definition) is 4. The summed E-state index contributed by atoms with van der Waals surface area (Å²) in [6, 6.07) is 0. The second kappa shape index (κ2) is 2.77. The van der Waals surface area contributed by atoms with Crippen molar-refractivity contribution in [2.75, 3.05) is 0 Å². The van der Waals surface area contributed by atoms with Gasteiger partial charge in [0.05, 0.1) is 0 Å². The Kier molecular flexibility index (Phi) is 4.54. The molecule has 0 aliphatic heterocycles. The van der Waals surface area contributed by atoms with Gasteiger partial charge < -0.3 is 0 Å². The Hall–Kier alpha value is 0.663. The molecule has 0 aromatic rings. The molecule has 0 N–H and O–H groups in total. The van der Waals surface area contributed by atoms with Crippen molar-refractivity contribution < 1.29 is 35.5 Å². The van der Waals surface area contributed by atoms with Gasteiger partial charge >= 0.3 is 48.9 Å². The van der Waals surface area contributed by atoms with Crippen LogP contribution in [0.3, 0.4) is 0 Å². The molecule has 0 rings (SSSR count). The van der Waals surface area contributed by atoms with E-state index in [2.05, 4.69) is 0 Å². The molecule has 0 saturated carbocycles. The van der Waals surface area contributed by atoms with Crippen molar-refractivity contribution in [3.8, 4) is 0 Å². The fourth-order valence-electron chi connectivity index (χ4n) is 0. The molecule has 0 aliphatic carbocycles. The van der Waals surface area contributed by atoms with Crippen molar-refractivity contribution in [1.29, 1.82) is 0 Å². The molecule has 0 unspecified atom stereocenters. The minimum Gasteiger partial charge on any atom is 2.00 e. The minimum absolute atomic E-state index is 0. The largest absolute Gasteiger partial charge is 2.00 e. The van der Waals surface area contributed by atoms with E-state index in [0.717, 1.165) is 0 Å². The zero-order valence-electron chi connectivity index (χ0n) is 2.37. The first kappa shape index (κ1) is 9.83. The van der Waals surface area contributed by atoms with Crippen LogP contribution in [0.15, 0.2) is 0 Å². The fourth-order valence-corrected chi connectivity index (χ4v) is 0. The summed E-state index contributed by atoms with van der Waals surface area (Å²) >= 11 is -5.75. The van der Waals surface area contributed by atoms with E-state index < -0.39 is 13.4 Å². The minimum atomic E-state index is -5.75. The summed E-state index contributed by atoms with van der Waals surface area (Å²) in [5.41, 5.74) is 0. The Morgan fingerprint density at radius 2 is 1.17 bits per heavy atom. The van der Waals surface area contributed by atoms with E-state index in [1.54, 1.807) is 0 Å².